The number of benzene rings is 2. The van der Waals surface area contributed by atoms with Crippen LogP contribution in [0.3, 0.4) is 0 Å². The lowest BCUT2D eigenvalue weighted by molar-refractivity contribution is -0.114. The molecular weight excluding hydrogens is 487 g/mol. The van der Waals surface area contributed by atoms with Gasteiger partial charge in [0, 0.05) is 7.05 Å². The Bertz CT molecular complexity index is 931. The van der Waals surface area contributed by atoms with Crippen molar-refractivity contribution in [3.05, 3.63) is 57.3 Å². The molecule has 0 aliphatic carbocycles. The number of hydrogen-bond donors (Lipinski definition) is 0. The van der Waals surface area contributed by atoms with Crippen molar-refractivity contribution in [2.75, 3.05) is 25.2 Å². The maximum absolute atomic E-state index is 13.1. The lowest BCUT2D eigenvalue weighted by Crippen LogP contribution is -2.30. The highest BCUT2D eigenvalue weighted by Gasteiger charge is 2.36. The maximum Gasteiger partial charge on any atom is 0.281 e. The average Bonchev–Trinajstić information content (AvgIpc) is 2.89. The smallest absolute Gasteiger partial charge is 0.281 e. The number of thiocarbonyl (C=S) groups is 1. The SMILES string of the molecule is CCOc1cc(/C=C2/C(=O)N(c3ccccc3)C(=S)N2C)cc(I)c1OCC. The van der Waals surface area contributed by atoms with Gasteiger partial charge in [0.15, 0.2) is 16.6 Å². The molecule has 5 nitrogen and oxygen atoms in total. The summed E-state index contributed by atoms with van der Waals surface area (Å²) in [6, 6.07) is 13.3. The number of likely N-dealkylation sites (N-methyl/N-ethyl adjacent to an activating group) is 1. The number of carbonyl (C=O) groups is 1. The van der Waals surface area contributed by atoms with Crippen LogP contribution >= 0.6 is 34.8 Å². The van der Waals surface area contributed by atoms with Crippen LogP contribution in [0.1, 0.15) is 19.4 Å². The normalized spacial score (nSPS) is 15.5. The van der Waals surface area contributed by atoms with Crippen molar-refractivity contribution in [1.82, 2.24) is 4.90 Å². The third-order valence-corrected chi connectivity index (χ3v) is 5.46. The van der Waals surface area contributed by atoms with E-state index in [9.17, 15) is 4.79 Å². The van der Waals surface area contributed by atoms with Crippen LogP contribution in [0.15, 0.2) is 48.2 Å². The van der Waals surface area contributed by atoms with Gasteiger partial charge in [0.2, 0.25) is 0 Å². The Balaban J connectivity index is 2.01. The highest BCUT2D eigenvalue weighted by molar-refractivity contribution is 14.1. The third-order valence-electron chi connectivity index (χ3n) is 4.20. The number of hydrogen-bond acceptors (Lipinski definition) is 4. The van der Waals surface area contributed by atoms with Crippen LogP contribution in [0, 0.1) is 3.57 Å². The summed E-state index contributed by atoms with van der Waals surface area (Å²) in [6.45, 7) is 4.95. The second-order valence-corrected chi connectivity index (χ2v) is 7.57. The Morgan fingerprint density at radius 1 is 1.11 bits per heavy atom. The zero-order chi connectivity index (χ0) is 20.3. The molecule has 2 aromatic carbocycles. The van der Waals surface area contributed by atoms with Gasteiger partial charge in [-0.05, 0) is 84.6 Å². The molecule has 0 atom stereocenters. The second-order valence-electron chi connectivity index (χ2n) is 6.04. The standard InChI is InChI=1S/C21H21IN2O3S/c1-4-26-18-13-14(11-16(22)19(18)27-5-2)12-17-20(25)24(21(28)23(17)3)15-9-7-6-8-10-15/h6-13H,4-5H2,1-3H3/b17-12-. The van der Waals surface area contributed by atoms with Crippen molar-refractivity contribution in [1.29, 1.82) is 0 Å². The summed E-state index contributed by atoms with van der Waals surface area (Å²) in [6.07, 6.45) is 1.83. The van der Waals surface area contributed by atoms with Crippen LogP contribution in [0.2, 0.25) is 0 Å². The summed E-state index contributed by atoms with van der Waals surface area (Å²) >= 11 is 7.73. The number of nitrogens with zero attached hydrogens (tertiary/aromatic N) is 2. The number of anilines is 1. The summed E-state index contributed by atoms with van der Waals surface area (Å²) in [5.41, 5.74) is 2.12. The van der Waals surface area contributed by atoms with Gasteiger partial charge in [0.25, 0.3) is 5.91 Å². The fourth-order valence-corrected chi connectivity index (χ4v) is 4.01. The molecule has 146 valence electrons. The van der Waals surface area contributed by atoms with Gasteiger partial charge in [0.05, 0.1) is 22.5 Å². The highest BCUT2D eigenvalue weighted by atomic mass is 127. The fraction of sp³-hybridized carbons (Fsp3) is 0.238. The van der Waals surface area contributed by atoms with Gasteiger partial charge in [-0.2, -0.15) is 0 Å². The van der Waals surface area contributed by atoms with Gasteiger partial charge in [-0.25, -0.2) is 0 Å². The molecule has 0 N–H and O–H groups in total. The maximum atomic E-state index is 13.1. The first-order valence-electron chi connectivity index (χ1n) is 8.96. The van der Waals surface area contributed by atoms with Crippen LogP contribution in [0.5, 0.6) is 11.5 Å². The highest BCUT2D eigenvalue weighted by Crippen LogP contribution is 2.36. The van der Waals surface area contributed by atoms with E-state index in [1.807, 2.05) is 62.4 Å². The van der Waals surface area contributed by atoms with Gasteiger partial charge in [-0.15, -0.1) is 0 Å². The van der Waals surface area contributed by atoms with Crippen molar-refractivity contribution in [2.24, 2.45) is 0 Å². The average molecular weight is 508 g/mol. The first kappa shape index (κ1) is 20.6. The van der Waals surface area contributed by atoms with Crippen LogP contribution in [-0.2, 0) is 4.79 Å². The predicted molar refractivity (Wildman–Crippen MR) is 124 cm³/mol. The van der Waals surface area contributed by atoms with E-state index in [1.54, 1.807) is 16.8 Å². The first-order valence-corrected chi connectivity index (χ1v) is 10.4. The summed E-state index contributed by atoms with van der Waals surface area (Å²) in [4.78, 5) is 16.3. The molecule has 1 aliphatic heterocycles. The quantitative estimate of drug-likeness (QED) is 0.322. The first-order chi connectivity index (χ1) is 13.5. The van der Waals surface area contributed by atoms with Crippen molar-refractivity contribution >= 4 is 57.6 Å². The summed E-state index contributed by atoms with van der Waals surface area (Å²) in [7, 11) is 1.80. The van der Waals surface area contributed by atoms with Gasteiger partial charge in [-0.3, -0.25) is 9.69 Å². The van der Waals surface area contributed by atoms with E-state index in [0.29, 0.717) is 29.8 Å². The molecule has 0 bridgehead atoms. The molecule has 0 aromatic heterocycles. The molecule has 1 amide bonds. The molecule has 2 aromatic rings. The molecule has 0 radical (unpaired) electrons. The second kappa shape index (κ2) is 8.91. The molecule has 1 aliphatic rings. The van der Waals surface area contributed by atoms with E-state index in [2.05, 4.69) is 22.6 Å². The molecule has 28 heavy (non-hydrogen) atoms. The monoisotopic (exact) mass is 508 g/mol. The molecule has 0 spiro atoms. The Labute approximate surface area is 184 Å². The van der Waals surface area contributed by atoms with E-state index in [-0.39, 0.29) is 5.91 Å². The van der Waals surface area contributed by atoms with Crippen molar-refractivity contribution < 1.29 is 14.3 Å². The lowest BCUT2D eigenvalue weighted by atomic mass is 10.1. The summed E-state index contributed by atoms with van der Waals surface area (Å²) < 4.78 is 12.4. The zero-order valence-electron chi connectivity index (χ0n) is 15.9. The topological polar surface area (TPSA) is 42.0 Å². The minimum absolute atomic E-state index is 0.152. The van der Waals surface area contributed by atoms with Gasteiger partial charge >= 0.3 is 0 Å². The number of amides is 1. The lowest BCUT2D eigenvalue weighted by Gasteiger charge is -2.16. The summed E-state index contributed by atoms with van der Waals surface area (Å²) in [5.74, 6) is 1.24. The van der Waals surface area contributed by atoms with Crippen molar-refractivity contribution in [3.8, 4) is 11.5 Å². The predicted octanol–water partition coefficient (Wildman–Crippen LogP) is 4.69. The third kappa shape index (κ3) is 4.00. The Morgan fingerprint density at radius 3 is 2.43 bits per heavy atom. The molecular formula is C21H21IN2O3S. The van der Waals surface area contributed by atoms with Crippen LogP contribution in [-0.4, -0.2) is 36.2 Å². The minimum Gasteiger partial charge on any atom is -0.490 e. The van der Waals surface area contributed by atoms with Crippen molar-refractivity contribution in [2.45, 2.75) is 13.8 Å². The number of ether oxygens (including phenoxy) is 2. The zero-order valence-corrected chi connectivity index (χ0v) is 18.9. The van der Waals surface area contributed by atoms with Crippen LogP contribution in [0.4, 0.5) is 5.69 Å². The van der Waals surface area contributed by atoms with Gasteiger partial charge in [-0.1, -0.05) is 18.2 Å². The van der Waals surface area contributed by atoms with Crippen molar-refractivity contribution in [3.63, 3.8) is 0 Å². The van der Waals surface area contributed by atoms with Crippen LogP contribution in [0.25, 0.3) is 6.08 Å². The number of carbonyl (C=O) groups excluding carboxylic acids is 1. The number of rotatable bonds is 6. The van der Waals surface area contributed by atoms with E-state index in [0.717, 1.165) is 20.6 Å². The Hall–Kier alpha value is -2.13. The molecule has 1 fully saturated rings. The minimum atomic E-state index is -0.152. The van der Waals surface area contributed by atoms with Crippen LogP contribution < -0.4 is 14.4 Å². The Morgan fingerprint density at radius 2 is 1.79 bits per heavy atom. The van der Waals surface area contributed by atoms with E-state index in [1.165, 1.54) is 0 Å². The molecule has 0 saturated carbocycles. The molecule has 1 saturated heterocycles. The molecule has 0 unspecified atom stereocenters. The Kier molecular flexibility index (Phi) is 6.56. The molecule has 1 heterocycles. The van der Waals surface area contributed by atoms with E-state index < -0.39 is 0 Å². The molecule has 7 heteroatoms. The van der Waals surface area contributed by atoms with Gasteiger partial charge < -0.3 is 14.4 Å². The number of para-hydroxylation sites is 1. The van der Waals surface area contributed by atoms with E-state index >= 15 is 0 Å². The largest absolute Gasteiger partial charge is 0.490 e. The van der Waals surface area contributed by atoms with E-state index in [4.69, 9.17) is 21.7 Å². The fourth-order valence-electron chi connectivity index (χ4n) is 2.94. The summed E-state index contributed by atoms with van der Waals surface area (Å²) in [5, 5.41) is 0.452. The van der Waals surface area contributed by atoms with Gasteiger partial charge in [0.1, 0.15) is 5.70 Å². The molecule has 3 rings (SSSR count). The number of halogens is 1.